The third kappa shape index (κ3) is 2.33. The molecule has 2 atom stereocenters. The highest BCUT2D eigenvalue weighted by molar-refractivity contribution is 5.42. The lowest BCUT2D eigenvalue weighted by molar-refractivity contribution is 0.414. The van der Waals surface area contributed by atoms with E-state index in [0.29, 0.717) is 23.3 Å². The fourth-order valence-corrected chi connectivity index (χ4v) is 2.83. The summed E-state index contributed by atoms with van der Waals surface area (Å²) in [5, 5.41) is 13.7. The molecular weight excluding hydrogens is 244 g/mol. The first-order valence-corrected chi connectivity index (χ1v) is 6.66. The van der Waals surface area contributed by atoms with Crippen molar-refractivity contribution in [3.8, 4) is 0 Å². The van der Waals surface area contributed by atoms with Crippen LogP contribution in [0.4, 0.5) is 5.82 Å². The van der Waals surface area contributed by atoms with E-state index in [4.69, 9.17) is 5.73 Å². The van der Waals surface area contributed by atoms with Crippen LogP contribution in [0.5, 0.6) is 0 Å². The number of nitrogens with zero attached hydrogens (tertiary/aromatic N) is 3. The van der Waals surface area contributed by atoms with Crippen LogP contribution in [-0.2, 0) is 0 Å². The highest BCUT2D eigenvalue weighted by Crippen LogP contribution is 2.30. The fourth-order valence-electron chi connectivity index (χ4n) is 2.83. The summed E-state index contributed by atoms with van der Waals surface area (Å²) in [6.07, 6.45) is 3.68. The van der Waals surface area contributed by atoms with E-state index >= 15 is 0 Å². The zero-order valence-electron chi connectivity index (χ0n) is 10.7. The molecule has 7 nitrogen and oxygen atoms in total. The first-order chi connectivity index (χ1) is 9.28. The van der Waals surface area contributed by atoms with E-state index in [0.717, 1.165) is 13.1 Å². The lowest BCUT2D eigenvalue weighted by Crippen LogP contribution is -2.25. The van der Waals surface area contributed by atoms with Crippen LogP contribution in [-0.4, -0.2) is 32.9 Å². The zero-order valence-corrected chi connectivity index (χ0v) is 10.7. The molecule has 0 amide bonds. The molecule has 1 aliphatic carbocycles. The monoisotopic (exact) mass is 262 g/mol. The molecule has 3 rings (SSSR count). The van der Waals surface area contributed by atoms with Crippen molar-refractivity contribution >= 4 is 11.5 Å². The maximum atomic E-state index is 11.4. The van der Waals surface area contributed by atoms with E-state index < -0.39 is 0 Å². The molecule has 0 bridgehead atoms. The molecule has 0 radical (unpaired) electrons. The molecular formula is C12H18N6O. The molecule has 19 heavy (non-hydrogen) atoms. The normalized spacial score (nSPS) is 23.0. The molecule has 1 saturated carbocycles. The van der Waals surface area contributed by atoms with Crippen molar-refractivity contribution in [2.75, 3.05) is 18.4 Å². The van der Waals surface area contributed by atoms with Gasteiger partial charge in [0, 0.05) is 6.54 Å². The third-order valence-corrected chi connectivity index (χ3v) is 3.94. The summed E-state index contributed by atoms with van der Waals surface area (Å²) < 4.78 is 1.26. The smallest absolute Gasteiger partial charge is 0.364 e. The summed E-state index contributed by atoms with van der Waals surface area (Å²) in [6.45, 7) is 1.60. The van der Waals surface area contributed by atoms with Crippen LogP contribution in [0.25, 0.3) is 5.65 Å². The second-order valence-corrected chi connectivity index (χ2v) is 5.09. The molecule has 1 aliphatic rings. The SMILES string of the molecule is NCC1CCCC1CNc1ccc2n[nH]c(=O)n2n1. The highest BCUT2D eigenvalue weighted by atomic mass is 16.2. The molecule has 7 heteroatoms. The standard InChI is InChI=1S/C12H18N6O/c13-6-8-2-1-3-9(8)7-14-10-4-5-11-15-16-12(19)18(11)17-10/h4-5,8-9H,1-3,6-7,13H2,(H,14,17)(H,16,19). The van der Waals surface area contributed by atoms with E-state index in [2.05, 4.69) is 20.6 Å². The molecule has 0 saturated heterocycles. The Morgan fingerprint density at radius 1 is 1.42 bits per heavy atom. The first-order valence-electron chi connectivity index (χ1n) is 6.66. The summed E-state index contributed by atoms with van der Waals surface area (Å²) in [4.78, 5) is 11.4. The Balaban J connectivity index is 1.71. The minimum Gasteiger partial charge on any atom is -0.368 e. The first kappa shape index (κ1) is 12.2. The molecule has 0 aromatic carbocycles. The van der Waals surface area contributed by atoms with Gasteiger partial charge < -0.3 is 11.1 Å². The zero-order chi connectivity index (χ0) is 13.2. The van der Waals surface area contributed by atoms with Gasteiger partial charge >= 0.3 is 5.69 Å². The van der Waals surface area contributed by atoms with Gasteiger partial charge in [0.25, 0.3) is 0 Å². The lowest BCUT2D eigenvalue weighted by atomic mass is 9.96. The van der Waals surface area contributed by atoms with E-state index in [-0.39, 0.29) is 5.69 Å². The highest BCUT2D eigenvalue weighted by Gasteiger charge is 2.25. The van der Waals surface area contributed by atoms with Crippen LogP contribution in [0.1, 0.15) is 19.3 Å². The van der Waals surface area contributed by atoms with E-state index in [9.17, 15) is 4.79 Å². The van der Waals surface area contributed by atoms with Crippen LogP contribution in [0.3, 0.4) is 0 Å². The maximum absolute atomic E-state index is 11.4. The number of hydrogen-bond acceptors (Lipinski definition) is 5. The van der Waals surface area contributed by atoms with E-state index in [1.54, 1.807) is 6.07 Å². The van der Waals surface area contributed by atoms with Crippen molar-refractivity contribution < 1.29 is 0 Å². The van der Waals surface area contributed by atoms with Gasteiger partial charge in [0.2, 0.25) is 0 Å². The molecule has 1 fully saturated rings. The van der Waals surface area contributed by atoms with Gasteiger partial charge in [-0.3, -0.25) is 0 Å². The molecule has 2 unspecified atom stereocenters. The van der Waals surface area contributed by atoms with Gasteiger partial charge in [-0.1, -0.05) is 6.42 Å². The summed E-state index contributed by atoms with van der Waals surface area (Å²) in [6, 6.07) is 3.60. The van der Waals surface area contributed by atoms with Crippen LogP contribution >= 0.6 is 0 Å². The summed E-state index contributed by atoms with van der Waals surface area (Å²) >= 11 is 0. The number of H-pyrrole nitrogens is 1. The van der Waals surface area contributed by atoms with Gasteiger partial charge in [-0.15, -0.1) is 5.10 Å². The maximum Gasteiger partial charge on any atom is 0.364 e. The Morgan fingerprint density at radius 2 is 2.26 bits per heavy atom. The number of aromatic nitrogens is 4. The van der Waals surface area contributed by atoms with E-state index in [1.165, 1.54) is 23.8 Å². The largest absolute Gasteiger partial charge is 0.368 e. The predicted octanol–water partition coefficient (Wildman–Crippen LogP) is 0.205. The molecule has 2 aromatic rings. The summed E-state index contributed by atoms with van der Waals surface area (Å²) in [7, 11) is 0. The molecule has 0 aliphatic heterocycles. The van der Waals surface area contributed by atoms with Gasteiger partial charge in [-0.2, -0.15) is 9.61 Å². The fraction of sp³-hybridized carbons (Fsp3) is 0.583. The Hall–Kier alpha value is -1.89. The number of hydrogen-bond donors (Lipinski definition) is 3. The molecule has 102 valence electrons. The number of fused-ring (bicyclic) bond motifs is 1. The summed E-state index contributed by atoms with van der Waals surface area (Å²) in [5.41, 5.74) is 5.98. The number of nitrogens with one attached hydrogen (secondary N) is 2. The number of anilines is 1. The van der Waals surface area contributed by atoms with Crippen molar-refractivity contribution in [3.05, 3.63) is 22.6 Å². The Morgan fingerprint density at radius 3 is 3.11 bits per heavy atom. The molecule has 2 heterocycles. The van der Waals surface area contributed by atoms with Gasteiger partial charge in [-0.25, -0.2) is 9.89 Å². The lowest BCUT2D eigenvalue weighted by Gasteiger charge is -2.18. The Labute approximate surface area is 110 Å². The minimum absolute atomic E-state index is 0.320. The third-order valence-electron chi connectivity index (χ3n) is 3.94. The van der Waals surface area contributed by atoms with Gasteiger partial charge in [0.1, 0.15) is 5.82 Å². The van der Waals surface area contributed by atoms with Crippen LogP contribution in [0.2, 0.25) is 0 Å². The van der Waals surface area contributed by atoms with Crippen LogP contribution in [0.15, 0.2) is 16.9 Å². The second kappa shape index (κ2) is 5.00. The topological polar surface area (TPSA) is 101 Å². The average Bonchev–Trinajstić information content (AvgIpc) is 3.03. The number of aromatic amines is 1. The van der Waals surface area contributed by atoms with Crippen molar-refractivity contribution in [2.45, 2.75) is 19.3 Å². The van der Waals surface area contributed by atoms with Crippen molar-refractivity contribution in [1.82, 2.24) is 19.8 Å². The second-order valence-electron chi connectivity index (χ2n) is 5.09. The molecule has 0 spiro atoms. The van der Waals surface area contributed by atoms with Gasteiger partial charge in [0.05, 0.1) is 0 Å². The number of rotatable bonds is 4. The van der Waals surface area contributed by atoms with Crippen molar-refractivity contribution in [2.24, 2.45) is 17.6 Å². The Kier molecular flexibility index (Phi) is 3.20. The Bertz CT molecular complexity index is 618. The average molecular weight is 262 g/mol. The number of nitrogens with two attached hydrogens (primary N) is 1. The van der Waals surface area contributed by atoms with Crippen LogP contribution in [0, 0.1) is 11.8 Å². The molecule has 4 N–H and O–H groups in total. The minimum atomic E-state index is -0.320. The quantitative estimate of drug-likeness (QED) is 0.731. The molecule has 2 aromatic heterocycles. The van der Waals surface area contributed by atoms with Crippen molar-refractivity contribution in [3.63, 3.8) is 0 Å². The summed E-state index contributed by atoms with van der Waals surface area (Å²) in [5.74, 6) is 1.90. The predicted molar refractivity (Wildman–Crippen MR) is 72.0 cm³/mol. The van der Waals surface area contributed by atoms with Crippen molar-refractivity contribution in [1.29, 1.82) is 0 Å². The van der Waals surface area contributed by atoms with Crippen LogP contribution < -0.4 is 16.7 Å². The van der Waals surface area contributed by atoms with E-state index in [1.807, 2.05) is 6.07 Å². The van der Waals surface area contributed by atoms with Gasteiger partial charge in [0.15, 0.2) is 5.65 Å². The van der Waals surface area contributed by atoms with Gasteiger partial charge in [-0.05, 0) is 43.4 Å².